The van der Waals surface area contributed by atoms with Crippen molar-refractivity contribution in [2.75, 3.05) is 20.3 Å². The maximum Gasteiger partial charge on any atom is 0.330 e. The highest BCUT2D eigenvalue weighted by Crippen LogP contribution is 2.60. The molecule has 28 heavy (non-hydrogen) atoms. The summed E-state index contributed by atoms with van der Waals surface area (Å²) in [6, 6.07) is 0. The van der Waals surface area contributed by atoms with Crippen LogP contribution in [0.2, 0.25) is 0 Å². The van der Waals surface area contributed by atoms with Gasteiger partial charge < -0.3 is 20.3 Å². The molecule has 7 heteroatoms. The van der Waals surface area contributed by atoms with Crippen LogP contribution in [0.3, 0.4) is 0 Å². The van der Waals surface area contributed by atoms with E-state index in [-0.39, 0.29) is 48.5 Å². The van der Waals surface area contributed by atoms with Gasteiger partial charge in [-0.2, -0.15) is 0 Å². The summed E-state index contributed by atoms with van der Waals surface area (Å²) in [5.41, 5.74) is 6.10. The summed E-state index contributed by atoms with van der Waals surface area (Å²) in [6.07, 6.45) is 4.45. The third-order valence-electron chi connectivity index (χ3n) is 7.26. The number of aliphatic hydroxyl groups is 1. The minimum atomic E-state index is -0.758. The van der Waals surface area contributed by atoms with Crippen LogP contribution in [0.1, 0.15) is 45.4 Å². The van der Waals surface area contributed by atoms with E-state index in [1.54, 1.807) is 0 Å². The summed E-state index contributed by atoms with van der Waals surface area (Å²) in [5, 5.41) is 10.4. The zero-order valence-electron chi connectivity index (χ0n) is 16.7. The lowest BCUT2D eigenvalue weighted by Gasteiger charge is -2.57. The van der Waals surface area contributed by atoms with E-state index in [9.17, 15) is 19.5 Å². The largest absolute Gasteiger partial charge is 0.469 e. The SMILES string of the molecule is COC(=O)C1C(O)CCC2(C)C1CC(=O)[C@H]1C/C(=C/C(=O)OCCN)CCC12. The summed E-state index contributed by atoms with van der Waals surface area (Å²) in [6.45, 7) is 2.63. The zero-order chi connectivity index (χ0) is 20.5. The van der Waals surface area contributed by atoms with Crippen molar-refractivity contribution in [3.8, 4) is 0 Å². The number of carbonyl (C=O) groups is 3. The van der Waals surface area contributed by atoms with E-state index >= 15 is 0 Å². The molecule has 7 nitrogen and oxygen atoms in total. The van der Waals surface area contributed by atoms with Gasteiger partial charge in [0.15, 0.2) is 0 Å². The van der Waals surface area contributed by atoms with Crippen molar-refractivity contribution in [2.24, 2.45) is 34.8 Å². The van der Waals surface area contributed by atoms with Gasteiger partial charge in [-0.05, 0) is 49.4 Å². The Labute approximate surface area is 165 Å². The predicted molar refractivity (Wildman–Crippen MR) is 101 cm³/mol. The lowest BCUT2D eigenvalue weighted by atomic mass is 9.46. The maximum atomic E-state index is 13.0. The number of ketones is 1. The average Bonchev–Trinajstić information content (AvgIpc) is 2.68. The summed E-state index contributed by atoms with van der Waals surface area (Å²) in [4.78, 5) is 37.2. The second-order valence-corrected chi connectivity index (χ2v) is 8.65. The molecule has 6 atom stereocenters. The van der Waals surface area contributed by atoms with Crippen molar-refractivity contribution in [3.05, 3.63) is 11.6 Å². The molecule has 0 saturated heterocycles. The number of rotatable bonds is 4. The van der Waals surface area contributed by atoms with E-state index < -0.39 is 24.0 Å². The minimum absolute atomic E-state index is 0.122. The summed E-state index contributed by atoms with van der Waals surface area (Å²) in [7, 11) is 1.33. The Morgan fingerprint density at radius 3 is 2.71 bits per heavy atom. The molecule has 156 valence electrons. The summed E-state index contributed by atoms with van der Waals surface area (Å²) < 4.78 is 9.96. The molecule has 0 bridgehead atoms. The van der Waals surface area contributed by atoms with Crippen LogP contribution in [0.15, 0.2) is 11.6 Å². The van der Waals surface area contributed by atoms with E-state index in [0.29, 0.717) is 12.8 Å². The number of hydrogen-bond acceptors (Lipinski definition) is 7. The van der Waals surface area contributed by atoms with Crippen molar-refractivity contribution in [2.45, 2.75) is 51.6 Å². The van der Waals surface area contributed by atoms with Crippen molar-refractivity contribution < 1.29 is 29.0 Å². The molecule has 3 fully saturated rings. The monoisotopic (exact) mass is 393 g/mol. The molecule has 0 aromatic heterocycles. The number of nitrogens with two attached hydrogens (primary N) is 1. The fraction of sp³-hybridized carbons (Fsp3) is 0.762. The smallest absolute Gasteiger partial charge is 0.330 e. The molecule has 0 spiro atoms. The molecular formula is C21H31NO6. The molecule has 0 amide bonds. The lowest BCUT2D eigenvalue weighted by molar-refractivity contribution is -0.173. The standard InChI is InChI=1S/C21H31NO6/c1-21-6-5-16(23)19(20(26)27-2)15(21)11-17(24)13-9-12(3-4-14(13)21)10-18(25)28-8-7-22/h10,13-16,19,23H,3-9,11,22H2,1-2H3/b12-10+/t13-,14?,15?,16?,19?,21?/m0/s1. The van der Waals surface area contributed by atoms with Crippen molar-refractivity contribution >= 4 is 17.7 Å². The molecule has 0 aromatic carbocycles. The number of methoxy groups -OCH3 is 1. The molecule has 5 unspecified atom stereocenters. The molecule has 0 aromatic rings. The molecule has 0 heterocycles. The number of hydrogen-bond donors (Lipinski definition) is 2. The fourth-order valence-electron chi connectivity index (χ4n) is 5.84. The molecule has 3 aliphatic rings. The number of allylic oxidation sites excluding steroid dienone is 1. The second-order valence-electron chi connectivity index (χ2n) is 8.65. The number of esters is 2. The van der Waals surface area contributed by atoms with E-state index in [0.717, 1.165) is 24.8 Å². The first-order valence-corrected chi connectivity index (χ1v) is 10.2. The Morgan fingerprint density at radius 1 is 1.29 bits per heavy atom. The van der Waals surface area contributed by atoms with E-state index in [1.807, 2.05) is 0 Å². The highest BCUT2D eigenvalue weighted by Gasteiger charge is 2.59. The Bertz CT molecular complexity index is 674. The van der Waals surface area contributed by atoms with Gasteiger partial charge in [-0.15, -0.1) is 0 Å². The van der Waals surface area contributed by atoms with Crippen LogP contribution in [0.25, 0.3) is 0 Å². The summed E-state index contributed by atoms with van der Waals surface area (Å²) in [5.74, 6) is -1.54. The highest BCUT2D eigenvalue weighted by molar-refractivity contribution is 5.86. The van der Waals surface area contributed by atoms with Gasteiger partial charge in [0.05, 0.1) is 19.1 Å². The summed E-state index contributed by atoms with van der Waals surface area (Å²) >= 11 is 0. The van der Waals surface area contributed by atoms with Crippen LogP contribution in [0.4, 0.5) is 0 Å². The Morgan fingerprint density at radius 2 is 2.04 bits per heavy atom. The number of fused-ring (bicyclic) bond motifs is 3. The second kappa shape index (κ2) is 8.33. The minimum Gasteiger partial charge on any atom is -0.469 e. The van der Waals surface area contributed by atoms with Crippen LogP contribution in [0.5, 0.6) is 0 Å². The van der Waals surface area contributed by atoms with Gasteiger partial charge in [0.2, 0.25) is 0 Å². The first-order chi connectivity index (χ1) is 13.3. The molecule has 0 aliphatic heterocycles. The van der Waals surface area contributed by atoms with Gasteiger partial charge >= 0.3 is 11.9 Å². The number of aliphatic hydroxyl groups excluding tert-OH is 1. The first-order valence-electron chi connectivity index (χ1n) is 10.2. The predicted octanol–water partition coefficient (Wildman–Crippen LogP) is 1.37. The Kier molecular flexibility index (Phi) is 6.25. The fourth-order valence-corrected chi connectivity index (χ4v) is 5.84. The normalized spacial score (nSPS) is 39.1. The molecular weight excluding hydrogens is 362 g/mol. The first kappa shape index (κ1) is 21.0. The van der Waals surface area contributed by atoms with Gasteiger partial charge in [-0.25, -0.2) is 4.79 Å². The van der Waals surface area contributed by atoms with Gasteiger partial charge in [0.1, 0.15) is 12.4 Å². The third kappa shape index (κ3) is 3.74. The van der Waals surface area contributed by atoms with E-state index in [2.05, 4.69) is 6.92 Å². The number of Topliss-reactive ketones (excluding diaryl/α,β-unsaturated/α-hetero) is 1. The Balaban J connectivity index is 1.81. The van der Waals surface area contributed by atoms with Crippen LogP contribution >= 0.6 is 0 Å². The van der Waals surface area contributed by atoms with Gasteiger partial charge in [-0.1, -0.05) is 12.5 Å². The van der Waals surface area contributed by atoms with Crippen molar-refractivity contribution in [1.82, 2.24) is 0 Å². The molecule has 3 N–H and O–H groups in total. The highest BCUT2D eigenvalue weighted by atomic mass is 16.5. The van der Waals surface area contributed by atoms with Gasteiger partial charge in [-0.3, -0.25) is 9.59 Å². The number of ether oxygens (including phenoxy) is 2. The molecule has 3 aliphatic carbocycles. The topological polar surface area (TPSA) is 116 Å². The molecule has 0 radical (unpaired) electrons. The van der Waals surface area contributed by atoms with Gasteiger partial charge in [0, 0.05) is 25.0 Å². The third-order valence-corrected chi connectivity index (χ3v) is 7.26. The van der Waals surface area contributed by atoms with Crippen LogP contribution in [0, 0.1) is 29.1 Å². The number of carbonyl (C=O) groups excluding carboxylic acids is 3. The quantitative estimate of drug-likeness (QED) is 0.547. The van der Waals surface area contributed by atoms with E-state index in [4.69, 9.17) is 15.2 Å². The van der Waals surface area contributed by atoms with Crippen molar-refractivity contribution in [3.63, 3.8) is 0 Å². The van der Waals surface area contributed by atoms with Gasteiger partial charge in [0.25, 0.3) is 0 Å². The zero-order valence-corrected chi connectivity index (χ0v) is 16.7. The lowest BCUT2D eigenvalue weighted by Crippen LogP contribution is -2.57. The molecule has 3 rings (SSSR count). The maximum absolute atomic E-state index is 13.0. The molecule has 3 saturated carbocycles. The average molecular weight is 393 g/mol. The Hall–Kier alpha value is -1.73. The van der Waals surface area contributed by atoms with Crippen molar-refractivity contribution in [1.29, 1.82) is 0 Å². The van der Waals surface area contributed by atoms with Crippen LogP contribution < -0.4 is 5.73 Å². The van der Waals surface area contributed by atoms with Crippen LogP contribution in [-0.2, 0) is 23.9 Å². The van der Waals surface area contributed by atoms with Crippen LogP contribution in [-0.4, -0.2) is 49.2 Å². The van der Waals surface area contributed by atoms with E-state index in [1.165, 1.54) is 13.2 Å².